The topological polar surface area (TPSA) is 49.7 Å². The van der Waals surface area contributed by atoms with Crippen molar-refractivity contribution in [2.24, 2.45) is 4.99 Å². The zero-order chi connectivity index (χ0) is 17.8. The Kier molecular flexibility index (Phi) is 5.29. The molecule has 1 saturated heterocycles. The quantitative estimate of drug-likeness (QED) is 0.610. The largest absolute Gasteiger partial charge is 0.276 e. The van der Waals surface area contributed by atoms with E-state index < -0.39 is 5.38 Å². The fraction of sp³-hybridized carbons (Fsp3) is 0.250. The van der Waals surface area contributed by atoms with Crippen LogP contribution in [0, 0.1) is 0 Å². The molecule has 5 heteroatoms. The first kappa shape index (κ1) is 17.4. The number of carbonyl (C=O) groups is 2. The van der Waals surface area contributed by atoms with Crippen LogP contribution in [-0.4, -0.2) is 34.3 Å². The van der Waals surface area contributed by atoms with Crippen molar-refractivity contribution < 1.29 is 9.59 Å². The minimum absolute atomic E-state index is 0.135. The van der Waals surface area contributed by atoms with Gasteiger partial charge in [-0.15, -0.1) is 11.6 Å². The van der Waals surface area contributed by atoms with Gasteiger partial charge in [0.05, 0.1) is 6.04 Å². The summed E-state index contributed by atoms with van der Waals surface area (Å²) in [7, 11) is 0. The molecule has 25 heavy (non-hydrogen) atoms. The first-order valence-corrected chi connectivity index (χ1v) is 8.68. The zero-order valence-corrected chi connectivity index (χ0v) is 14.7. The molecule has 0 N–H and O–H groups in total. The van der Waals surface area contributed by atoms with Crippen LogP contribution >= 0.6 is 11.6 Å². The summed E-state index contributed by atoms with van der Waals surface area (Å²) in [6.07, 6.45) is 0.601. The molecule has 0 spiro atoms. The van der Waals surface area contributed by atoms with Crippen LogP contribution in [0.5, 0.6) is 0 Å². The van der Waals surface area contributed by atoms with Crippen molar-refractivity contribution in [3.63, 3.8) is 0 Å². The number of hydrogen-bond acceptors (Lipinski definition) is 3. The minimum Gasteiger partial charge on any atom is -0.275 e. The maximum Gasteiger partial charge on any atom is 0.276 e. The molecule has 0 saturated carbocycles. The van der Waals surface area contributed by atoms with E-state index in [0.717, 1.165) is 11.1 Å². The van der Waals surface area contributed by atoms with Gasteiger partial charge in [-0.3, -0.25) is 19.5 Å². The van der Waals surface area contributed by atoms with Crippen LogP contribution in [0.3, 0.4) is 0 Å². The normalized spacial score (nSPS) is 20.3. The van der Waals surface area contributed by atoms with Crippen molar-refractivity contribution in [2.45, 2.75) is 24.8 Å². The first-order valence-electron chi connectivity index (χ1n) is 8.24. The molecule has 1 unspecified atom stereocenters. The van der Waals surface area contributed by atoms with Crippen LogP contribution < -0.4 is 0 Å². The number of nitrogens with zero attached hydrogens (tertiary/aromatic N) is 2. The third kappa shape index (κ3) is 3.80. The number of hydrogen-bond donors (Lipinski definition) is 0. The average Bonchev–Trinajstić information content (AvgIpc) is 2.85. The lowest BCUT2D eigenvalue weighted by Gasteiger charge is -2.13. The second kappa shape index (κ2) is 7.62. The Hall–Kier alpha value is -2.46. The van der Waals surface area contributed by atoms with E-state index in [-0.39, 0.29) is 23.6 Å². The Bertz CT molecular complexity index is 790. The van der Waals surface area contributed by atoms with E-state index in [0.29, 0.717) is 13.0 Å². The second-order valence-corrected chi connectivity index (χ2v) is 6.43. The summed E-state index contributed by atoms with van der Waals surface area (Å²) >= 11 is 6.19. The molecule has 1 heterocycles. The van der Waals surface area contributed by atoms with Gasteiger partial charge in [-0.05, 0) is 24.5 Å². The van der Waals surface area contributed by atoms with Gasteiger partial charge in [0.25, 0.3) is 11.8 Å². The van der Waals surface area contributed by atoms with Gasteiger partial charge in [0, 0.05) is 6.54 Å². The Morgan fingerprint density at radius 1 is 1.04 bits per heavy atom. The average molecular weight is 355 g/mol. The molecule has 128 valence electrons. The summed E-state index contributed by atoms with van der Waals surface area (Å²) in [4.78, 5) is 30.6. The van der Waals surface area contributed by atoms with Crippen molar-refractivity contribution in [2.75, 3.05) is 6.54 Å². The van der Waals surface area contributed by atoms with E-state index in [1.54, 1.807) is 0 Å². The van der Waals surface area contributed by atoms with Gasteiger partial charge in [-0.2, -0.15) is 0 Å². The number of benzene rings is 2. The highest BCUT2D eigenvalue weighted by Crippen LogP contribution is 2.23. The SMILES string of the molecule is C[C@H](N=C1C(=O)N(CCc2ccccc2)C(=O)C1Cl)c1ccccc1. The summed E-state index contributed by atoms with van der Waals surface area (Å²) in [5.41, 5.74) is 2.18. The molecule has 0 aliphatic carbocycles. The standard InChI is InChI=1S/C20H19ClN2O2/c1-14(16-10-6-3-7-11-16)22-18-17(21)19(24)23(20(18)25)13-12-15-8-4-2-5-9-15/h2-11,14,17H,12-13H2,1H3/t14-,17?/m0/s1. The summed E-state index contributed by atoms with van der Waals surface area (Å²) in [5.74, 6) is -0.773. The molecule has 2 atom stereocenters. The third-order valence-corrected chi connectivity index (χ3v) is 4.66. The number of likely N-dealkylation sites (tertiary alicyclic amines) is 1. The van der Waals surface area contributed by atoms with E-state index in [1.165, 1.54) is 4.90 Å². The molecule has 1 aliphatic heterocycles. The predicted molar refractivity (Wildman–Crippen MR) is 98.8 cm³/mol. The first-order chi connectivity index (χ1) is 12.1. The fourth-order valence-corrected chi connectivity index (χ4v) is 3.10. The van der Waals surface area contributed by atoms with Gasteiger partial charge in [0.2, 0.25) is 0 Å². The van der Waals surface area contributed by atoms with Gasteiger partial charge in [0.1, 0.15) is 5.71 Å². The van der Waals surface area contributed by atoms with Crippen molar-refractivity contribution in [3.05, 3.63) is 71.8 Å². The maximum atomic E-state index is 12.6. The summed E-state index contributed by atoms with van der Waals surface area (Å²) in [6.45, 7) is 2.19. The van der Waals surface area contributed by atoms with Gasteiger partial charge in [-0.1, -0.05) is 60.7 Å². The Balaban J connectivity index is 1.75. The molecule has 0 radical (unpaired) electrons. The third-order valence-electron chi connectivity index (χ3n) is 4.27. The number of rotatable bonds is 5. The van der Waals surface area contributed by atoms with E-state index in [4.69, 9.17) is 11.6 Å². The molecule has 1 fully saturated rings. The van der Waals surface area contributed by atoms with Crippen LogP contribution in [0.2, 0.25) is 0 Å². The molecule has 4 nitrogen and oxygen atoms in total. The van der Waals surface area contributed by atoms with E-state index in [2.05, 4.69) is 4.99 Å². The van der Waals surface area contributed by atoms with Crippen molar-refractivity contribution in [1.82, 2.24) is 4.90 Å². The molecule has 0 bridgehead atoms. The highest BCUT2D eigenvalue weighted by molar-refractivity contribution is 6.63. The minimum atomic E-state index is -1.01. The lowest BCUT2D eigenvalue weighted by molar-refractivity contribution is -0.136. The number of alkyl halides is 1. The lowest BCUT2D eigenvalue weighted by Crippen LogP contribution is -2.33. The van der Waals surface area contributed by atoms with Crippen LogP contribution in [0.25, 0.3) is 0 Å². The zero-order valence-electron chi connectivity index (χ0n) is 13.9. The number of aliphatic imine (C=N–C) groups is 1. The number of halogens is 1. The highest BCUT2D eigenvalue weighted by atomic mass is 35.5. The molecule has 2 aromatic rings. The van der Waals surface area contributed by atoms with Gasteiger partial charge >= 0.3 is 0 Å². The Morgan fingerprint density at radius 2 is 1.64 bits per heavy atom. The van der Waals surface area contributed by atoms with E-state index in [1.807, 2.05) is 67.6 Å². The lowest BCUT2D eigenvalue weighted by atomic mass is 10.1. The summed E-state index contributed by atoms with van der Waals surface area (Å²) in [6, 6.07) is 19.1. The number of imide groups is 1. The van der Waals surface area contributed by atoms with Crippen molar-refractivity contribution in [1.29, 1.82) is 0 Å². The molecular formula is C20H19ClN2O2. The Morgan fingerprint density at radius 3 is 2.28 bits per heavy atom. The monoisotopic (exact) mass is 354 g/mol. The fourth-order valence-electron chi connectivity index (χ4n) is 2.83. The van der Waals surface area contributed by atoms with Crippen LogP contribution in [0.15, 0.2) is 65.7 Å². The van der Waals surface area contributed by atoms with E-state index in [9.17, 15) is 9.59 Å². The number of carbonyl (C=O) groups excluding carboxylic acids is 2. The summed E-state index contributed by atoms with van der Waals surface area (Å²) < 4.78 is 0. The maximum absolute atomic E-state index is 12.6. The highest BCUT2D eigenvalue weighted by Gasteiger charge is 2.43. The molecule has 2 amide bonds. The molecular weight excluding hydrogens is 336 g/mol. The van der Waals surface area contributed by atoms with Crippen LogP contribution in [-0.2, 0) is 16.0 Å². The molecule has 1 aliphatic rings. The predicted octanol–water partition coefficient (Wildman–Crippen LogP) is 3.41. The van der Waals surface area contributed by atoms with Crippen molar-refractivity contribution in [3.8, 4) is 0 Å². The van der Waals surface area contributed by atoms with Gasteiger partial charge < -0.3 is 0 Å². The molecule has 0 aromatic heterocycles. The molecule has 2 aromatic carbocycles. The number of amides is 2. The summed E-state index contributed by atoms with van der Waals surface area (Å²) in [5, 5.41) is -1.01. The van der Waals surface area contributed by atoms with E-state index >= 15 is 0 Å². The van der Waals surface area contributed by atoms with Crippen LogP contribution in [0.4, 0.5) is 0 Å². The van der Waals surface area contributed by atoms with Gasteiger partial charge in [0.15, 0.2) is 5.38 Å². The second-order valence-electron chi connectivity index (χ2n) is 5.99. The van der Waals surface area contributed by atoms with Gasteiger partial charge in [-0.25, -0.2) is 0 Å². The smallest absolute Gasteiger partial charge is 0.275 e. The molecule has 3 rings (SSSR count). The van der Waals surface area contributed by atoms with Crippen molar-refractivity contribution >= 4 is 29.1 Å². The Labute approximate surface area is 152 Å². The van der Waals surface area contributed by atoms with Crippen LogP contribution in [0.1, 0.15) is 24.1 Å².